The molecule has 0 aliphatic rings. The van der Waals surface area contributed by atoms with Crippen LogP contribution in [0, 0.1) is 6.07 Å². The van der Waals surface area contributed by atoms with Gasteiger partial charge in [-0.2, -0.15) is 0 Å². The number of phenols is 2. The van der Waals surface area contributed by atoms with Gasteiger partial charge in [-0.25, -0.2) is 0 Å². The van der Waals surface area contributed by atoms with Gasteiger partial charge in [0.25, 0.3) is 0 Å². The highest BCUT2D eigenvalue weighted by molar-refractivity contribution is 5.35. The van der Waals surface area contributed by atoms with Gasteiger partial charge in [0.1, 0.15) is 11.5 Å². The summed E-state index contributed by atoms with van der Waals surface area (Å²) in [6, 6.07) is 5.23. The van der Waals surface area contributed by atoms with Gasteiger partial charge in [-0.1, -0.05) is 0 Å². The molecule has 0 atom stereocenters. The lowest BCUT2D eigenvalue weighted by Gasteiger charge is -1.97. The fourth-order valence-electron chi connectivity index (χ4n) is 0.707. The molecular formula is C7H8NO2. The number of benzene rings is 1. The van der Waals surface area contributed by atoms with Crippen LogP contribution in [0.15, 0.2) is 12.1 Å². The van der Waals surface area contributed by atoms with E-state index in [2.05, 4.69) is 6.07 Å². The molecule has 0 unspecified atom stereocenters. The van der Waals surface area contributed by atoms with Crippen LogP contribution in [0.1, 0.15) is 5.56 Å². The molecule has 0 bridgehead atoms. The summed E-state index contributed by atoms with van der Waals surface area (Å²) in [5.74, 6) is -0.0721. The van der Waals surface area contributed by atoms with Crippen LogP contribution in [0.4, 0.5) is 0 Å². The Morgan fingerprint density at radius 1 is 1.40 bits per heavy atom. The summed E-state index contributed by atoms with van der Waals surface area (Å²) in [5.41, 5.74) is 5.83. The van der Waals surface area contributed by atoms with Gasteiger partial charge in [0.2, 0.25) is 0 Å². The molecule has 0 aliphatic carbocycles. The van der Waals surface area contributed by atoms with Gasteiger partial charge in [0.05, 0.1) is 0 Å². The molecule has 0 aliphatic heterocycles. The van der Waals surface area contributed by atoms with E-state index in [0.29, 0.717) is 5.56 Å². The molecular weight excluding hydrogens is 130 g/mol. The normalized spacial score (nSPS) is 9.70. The van der Waals surface area contributed by atoms with Crippen molar-refractivity contribution in [3.8, 4) is 11.5 Å². The maximum absolute atomic E-state index is 8.89. The van der Waals surface area contributed by atoms with E-state index in [9.17, 15) is 0 Å². The van der Waals surface area contributed by atoms with Crippen molar-refractivity contribution >= 4 is 0 Å². The average molecular weight is 138 g/mol. The van der Waals surface area contributed by atoms with Crippen LogP contribution >= 0.6 is 0 Å². The van der Waals surface area contributed by atoms with Gasteiger partial charge < -0.3 is 15.9 Å². The lowest BCUT2D eigenvalue weighted by atomic mass is 10.2. The first kappa shape index (κ1) is 6.89. The molecule has 0 saturated carbocycles. The van der Waals surface area contributed by atoms with Crippen molar-refractivity contribution in [1.82, 2.24) is 0 Å². The molecule has 0 heterocycles. The zero-order valence-electron chi connectivity index (χ0n) is 5.33. The summed E-state index contributed by atoms with van der Waals surface area (Å²) in [5, 5.41) is 17.7. The molecule has 1 aromatic rings. The van der Waals surface area contributed by atoms with Crippen molar-refractivity contribution in [3.05, 3.63) is 23.8 Å². The van der Waals surface area contributed by atoms with Crippen LogP contribution in [0.2, 0.25) is 0 Å². The molecule has 0 fully saturated rings. The number of phenolic OH excluding ortho intramolecular Hbond substituents is 2. The highest BCUT2D eigenvalue weighted by Crippen LogP contribution is 2.18. The molecule has 1 aromatic carbocycles. The van der Waals surface area contributed by atoms with Gasteiger partial charge in [-0.15, -0.1) is 0 Å². The maximum Gasteiger partial charge on any atom is 0.127 e. The fraction of sp³-hybridized carbons (Fsp3) is 0.143. The minimum absolute atomic E-state index is 0.0108. The molecule has 1 radical (unpaired) electrons. The Labute approximate surface area is 58.7 Å². The molecule has 0 saturated heterocycles. The molecule has 4 N–H and O–H groups in total. The van der Waals surface area contributed by atoms with Crippen LogP contribution in [0.5, 0.6) is 11.5 Å². The van der Waals surface area contributed by atoms with Crippen LogP contribution < -0.4 is 5.73 Å². The summed E-state index contributed by atoms with van der Waals surface area (Å²) in [6.07, 6.45) is 0. The minimum atomic E-state index is -0.0829. The molecule has 53 valence electrons. The summed E-state index contributed by atoms with van der Waals surface area (Å²) in [7, 11) is 0. The van der Waals surface area contributed by atoms with Crippen LogP contribution in [0.3, 0.4) is 0 Å². The van der Waals surface area contributed by atoms with Crippen molar-refractivity contribution in [1.29, 1.82) is 0 Å². The quantitative estimate of drug-likeness (QED) is 0.524. The third-order valence-corrected chi connectivity index (χ3v) is 1.12. The Morgan fingerprint density at radius 2 is 2.10 bits per heavy atom. The van der Waals surface area contributed by atoms with E-state index in [0.717, 1.165) is 0 Å². The van der Waals surface area contributed by atoms with E-state index >= 15 is 0 Å². The molecule has 1 rings (SSSR count). The first-order valence-corrected chi connectivity index (χ1v) is 2.86. The van der Waals surface area contributed by atoms with Crippen LogP contribution in [-0.2, 0) is 6.54 Å². The molecule has 3 nitrogen and oxygen atoms in total. The Balaban J connectivity index is 3.06. The van der Waals surface area contributed by atoms with E-state index in [1.165, 1.54) is 12.1 Å². The average Bonchev–Trinajstić information content (AvgIpc) is 1.85. The van der Waals surface area contributed by atoms with E-state index in [1.54, 1.807) is 0 Å². The molecule has 0 amide bonds. The highest BCUT2D eigenvalue weighted by Gasteiger charge is 1.96. The summed E-state index contributed by atoms with van der Waals surface area (Å²) in [6.45, 7) is 0.266. The van der Waals surface area contributed by atoms with Gasteiger partial charge in [0, 0.05) is 18.7 Å². The molecule has 0 spiro atoms. The first-order chi connectivity index (χ1) is 4.72. The topological polar surface area (TPSA) is 66.5 Å². The molecule has 3 heteroatoms. The molecule has 0 aromatic heterocycles. The number of hydrogen-bond acceptors (Lipinski definition) is 3. The zero-order valence-corrected chi connectivity index (χ0v) is 5.33. The molecule has 10 heavy (non-hydrogen) atoms. The van der Waals surface area contributed by atoms with Gasteiger partial charge in [0.15, 0.2) is 0 Å². The minimum Gasteiger partial charge on any atom is -0.508 e. The summed E-state index contributed by atoms with van der Waals surface area (Å²) in [4.78, 5) is 0. The second kappa shape index (κ2) is 2.58. The van der Waals surface area contributed by atoms with Gasteiger partial charge in [-0.05, 0) is 11.6 Å². The largest absolute Gasteiger partial charge is 0.508 e. The fourth-order valence-corrected chi connectivity index (χ4v) is 0.707. The smallest absolute Gasteiger partial charge is 0.127 e. The second-order valence-electron chi connectivity index (χ2n) is 1.95. The number of aromatic hydroxyl groups is 2. The van der Waals surface area contributed by atoms with E-state index in [-0.39, 0.29) is 18.0 Å². The zero-order chi connectivity index (χ0) is 7.56. The van der Waals surface area contributed by atoms with Crippen molar-refractivity contribution in [2.75, 3.05) is 0 Å². The Hall–Kier alpha value is -1.22. The van der Waals surface area contributed by atoms with E-state index in [1.807, 2.05) is 0 Å². The van der Waals surface area contributed by atoms with Crippen molar-refractivity contribution in [3.63, 3.8) is 0 Å². The third kappa shape index (κ3) is 1.39. The number of nitrogens with two attached hydrogens (primary N) is 1. The third-order valence-electron chi connectivity index (χ3n) is 1.12. The predicted octanol–water partition coefficient (Wildman–Crippen LogP) is 0.357. The Kier molecular flexibility index (Phi) is 1.78. The predicted molar refractivity (Wildman–Crippen MR) is 36.5 cm³/mol. The van der Waals surface area contributed by atoms with Crippen LogP contribution in [0.25, 0.3) is 0 Å². The lowest BCUT2D eigenvalue weighted by Crippen LogP contribution is -1.95. The first-order valence-electron chi connectivity index (χ1n) is 2.86. The number of hydrogen-bond donors (Lipinski definition) is 3. The van der Waals surface area contributed by atoms with Crippen LogP contribution in [-0.4, -0.2) is 10.2 Å². The van der Waals surface area contributed by atoms with Gasteiger partial charge in [-0.3, -0.25) is 0 Å². The maximum atomic E-state index is 8.89. The van der Waals surface area contributed by atoms with E-state index in [4.69, 9.17) is 15.9 Å². The highest BCUT2D eigenvalue weighted by atomic mass is 16.3. The summed E-state index contributed by atoms with van der Waals surface area (Å²) < 4.78 is 0. The van der Waals surface area contributed by atoms with Crippen molar-refractivity contribution in [2.24, 2.45) is 5.73 Å². The summed E-state index contributed by atoms with van der Waals surface area (Å²) >= 11 is 0. The SMILES string of the molecule is NCc1[c]c(O)cc(O)c1. The lowest BCUT2D eigenvalue weighted by molar-refractivity contribution is 0.448. The Morgan fingerprint density at radius 3 is 2.60 bits per heavy atom. The van der Waals surface area contributed by atoms with E-state index < -0.39 is 0 Å². The van der Waals surface area contributed by atoms with Crippen molar-refractivity contribution in [2.45, 2.75) is 6.54 Å². The van der Waals surface area contributed by atoms with Crippen molar-refractivity contribution < 1.29 is 10.2 Å². The Bertz CT molecular complexity index is 215. The monoisotopic (exact) mass is 138 g/mol. The van der Waals surface area contributed by atoms with Gasteiger partial charge >= 0.3 is 0 Å². The second-order valence-corrected chi connectivity index (χ2v) is 1.95. The standard InChI is InChI=1S/C7H8NO2/c8-4-5-1-6(9)3-7(10)2-5/h1,3,9-10H,4,8H2. The number of rotatable bonds is 1.